The Bertz CT molecular complexity index is 373. The van der Waals surface area contributed by atoms with Crippen LogP contribution in [0.4, 0.5) is 4.39 Å². The lowest BCUT2D eigenvalue weighted by Gasteiger charge is -2.24. The summed E-state index contributed by atoms with van der Waals surface area (Å²) in [7, 11) is 0. The largest absolute Gasteiger partial charge is 0.374 e. The first-order valence-electron chi connectivity index (χ1n) is 5.85. The fourth-order valence-corrected chi connectivity index (χ4v) is 2.04. The first-order valence-corrected chi connectivity index (χ1v) is 6.64. The molecule has 1 unspecified atom stereocenters. The highest BCUT2D eigenvalue weighted by Crippen LogP contribution is 2.16. The highest BCUT2D eigenvalue weighted by molar-refractivity contribution is 9.10. The first kappa shape index (κ1) is 15.6. The van der Waals surface area contributed by atoms with Crippen molar-refractivity contribution in [1.29, 1.82) is 0 Å². The van der Waals surface area contributed by atoms with Crippen molar-refractivity contribution in [3.05, 3.63) is 34.1 Å². The third kappa shape index (κ3) is 5.91. The lowest BCUT2D eigenvalue weighted by Crippen LogP contribution is -2.42. The molecule has 0 saturated heterocycles. The minimum atomic E-state index is -0.258. The Morgan fingerprint density at radius 2 is 2.06 bits per heavy atom. The summed E-state index contributed by atoms with van der Waals surface area (Å²) in [6.07, 6.45) is 0.614. The van der Waals surface area contributed by atoms with Crippen molar-refractivity contribution < 1.29 is 9.13 Å². The molecule has 0 aliphatic rings. The Morgan fingerprint density at radius 1 is 1.39 bits per heavy atom. The molecule has 0 aromatic heterocycles. The number of rotatable bonds is 5. The van der Waals surface area contributed by atoms with Crippen molar-refractivity contribution in [3.8, 4) is 0 Å². The van der Waals surface area contributed by atoms with Gasteiger partial charge in [0.2, 0.25) is 0 Å². The maximum atomic E-state index is 13.2. The molecule has 0 saturated carbocycles. The van der Waals surface area contributed by atoms with E-state index in [1.54, 1.807) is 0 Å². The molecule has 0 heterocycles. The first-order chi connectivity index (χ1) is 8.30. The zero-order valence-corrected chi connectivity index (χ0v) is 12.6. The van der Waals surface area contributed by atoms with Gasteiger partial charge in [0.25, 0.3) is 0 Å². The molecule has 3 nitrogen and oxygen atoms in total. The Hall–Kier alpha value is -0.490. The van der Waals surface area contributed by atoms with Gasteiger partial charge in [-0.1, -0.05) is 15.9 Å². The summed E-state index contributed by atoms with van der Waals surface area (Å²) in [5.74, 6) is 5.23. The van der Waals surface area contributed by atoms with Gasteiger partial charge in [-0.25, -0.2) is 4.39 Å². The smallest absolute Gasteiger partial charge is 0.124 e. The maximum Gasteiger partial charge on any atom is 0.124 e. The molecule has 3 N–H and O–H groups in total. The van der Waals surface area contributed by atoms with E-state index in [1.165, 1.54) is 12.1 Å². The minimum absolute atomic E-state index is 0.0436. The second kappa shape index (κ2) is 6.61. The molecule has 0 aliphatic heterocycles. The highest BCUT2D eigenvalue weighted by atomic mass is 79.9. The Morgan fingerprint density at radius 3 is 2.56 bits per heavy atom. The average molecular weight is 319 g/mol. The third-order valence-electron chi connectivity index (χ3n) is 2.36. The van der Waals surface area contributed by atoms with E-state index >= 15 is 0 Å². The maximum absolute atomic E-state index is 13.2. The molecule has 0 radical (unpaired) electrons. The predicted molar refractivity (Wildman–Crippen MR) is 74.6 cm³/mol. The van der Waals surface area contributed by atoms with Crippen molar-refractivity contribution in [1.82, 2.24) is 5.43 Å². The Labute approximate surface area is 116 Å². The number of nitrogens with one attached hydrogen (secondary N) is 1. The number of benzene rings is 1. The van der Waals surface area contributed by atoms with E-state index < -0.39 is 0 Å². The van der Waals surface area contributed by atoms with Crippen LogP contribution in [0.3, 0.4) is 0 Å². The van der Waals surface area contributed by atoms with Crippen molar-refractivity contribution >= 4 is 15.9 Å². The fraction of sp³-hybridized carbons (Fsp3) is 0.538. The molecule has 1 atom stereocenters. The zero-order valence-electron chi connectivity index (χ0n) is 11.0. The van der Waals surface area contributed by atoms with Crippen LogP contribution in [0, 0.1) is 5.82 Å². The van der Waals surface area contributed by atoms with Crippen LogP contribution >= 0.6 is 15.9 Å². The molecule has 0 bridgehead atoms. The van der Waals surface area contributed by atoms with E-state index in [2.05, 4.69) is 21.4 Å². The summed E-state index contributed by atoms with van der Waals surface area (Å²) in [6.45, 7) is 6.44. The molecule has 1 aromatic rings. The van der Waals surface area contributed by atoms with E-state index in [0.717, 1.165) is 10.0 Å². The second-order valence-corrected chi connectivity index (χ2v) is 6.18. The molecule has 1 rings (SSSR count). The normalized spacial score (nSPS) is 13.7. The van der Waals surface area contributed by atoms with E-state index in [0.29, 0.717) is 13.0 Å². The van der Waals surface area contributed by atoms with Gasteiger partial charge in [-0.3, -0.25) is 11.3 Å². The molecule has 5 heteroatoms. The molecular formula is C13H20BrFN2O. The predicted octanol–water partition coefficient (Wildman–Crippen LogP) is 2.78. The highest BCUT2D eigenvalue weighted by Gasteiger charge is 2.15. The lowest BCUT2D eigenvalue weighted by atomic mass is 10.1. The summed E-state index contributed by atoms with van der Waals surface area (Å²) in [5.41, 5.74) is 3.37. The summed E-state index contributed by atoms with van der Waals surface area (Å²) in [6, 6.07) is 4.77. The molecular weight excluding hydrogens is 299 g/mol. The number of halogens is 2. The third-order valence-corrected chi connectivity index (χ3v) is 2.82. The fourth-order valence-electron chi connectivity index (χ4n) is 1.53. The summed E-state index contributed by atoms with van der Waals surface area (Å²) in [5, 5.41) is 0. The van der Waals surface area contributed by atoms with Gasteiger partial charge >= 0.3 is 0 Å². The van der Waals surface area contributed by atoms with E-state index in [1.807, 2.05) is 26.8 Å². The van der Waals surface area contributed by atoms with Crippen molar-refractivity contribution in [2.24, 2.45) is 5.84 Å². The number of hydrazine groups is 1. The van der Waals surface area contributed by atoms with Crippen LogP contribution in [-0.4, -0.2) is 18.2 Å². The number of ether oxygens (including phenoxy) is 1. The van der Waals surface area contributed by atoms with Crippen molar-refractivity contribution in [2.45, 2.75) is 38.8 Å². The number of hydrogen-bond donors (Lipinski definition) is 2. The van der Waals surface area contributed by atoms with Crippen LogP contribution in [-0.2, 0) is 11.2 Å². The summed E-state index contributed by atoms with van der Waals surface area (Å²) < 4.78 is 19.6. The molecule has 0 aliphatic carbocycles. The van der Waals surface area contributed by atoms with Crippen LogP contribution in [0.1, 0.15) is 26.3 Å². The molecule has 0 spiro atoms. The Balaban J connectivity index is 2.62. The SMILES string of the molecule is CC(C)(C)OCC(Cc1cc(F)cc(Br)c1)NN. The standard InChI is InChI=1S/C13H20BrFN2O/c1-13(2,3)18-8-12(17-16)6-9-4-10(14)7-11(15)5-9/h4-5,7,12,17H,6,8,16H2,1-3H3. The van der Waals surface area contributed by atoms with Gasteiger partial charge in [0.1, 0.15) is 5.82 Å². The quantitative estimate of drug-likeness (QED) is 0.648. The van der Waals surface area contributed by atoms with Crippen LogP contribution in [0.25, 0.3) is 0 Å². The van der Waals surface area contributed by atoms with Gasteiger partial charge in [0.05, 0.1) is 12.2 Å². The van der Waals surface area contributed by atoms with Crippen LogP contribution in [0.2, 0.25) is 0 Å². The van der Waals surface area contributed by atoms with Crippen molar-refractivity contribution in [2.75, 3.05) is 6.61 Å². The van der Waals surface area contributed by atoms with E-state index in [4.69, 9.17) is 10.6 Å². The van der Waals surface area contributed by atoms with E-state index in [9.17, 15) is 4.39 Å². The lowest BCUT2D eigenvalue weighted by molar-refractivity contribution is -0.0143. The molecule has 1 aromatic carbocycles. The van der Waals surface area contributed by atoms with Crippen LogP contribution in [0.5, 0.6) is 0 Å². The molecule has 0 amide bonds. The molecule has 0 fully saturated rings. The summed E-state index contributed by atoms with van der Waals surface area (Å²) in [4.78, 5) is 0. The van der Waals surface area contributed by atoms with Crippen LogP contribution in [0.15, 0.2) is 22.7 Å². The zero-order chi connectivity index (χ0) is 13.8. The number of hydrogen-bond acceptors (Lipinski definition) is 3. The topological polar surface area (TPSA) is 47.3 Å². The van der Waals surface area contributed by atoms with Crippen molar-refractivity contribution in [3.63, 3.8) is 0 Å². The van der Waals surface area contributed by atoms with Gasteiger partial charge < -0.3 is 4.74 Å². The minimum Gasteiger partial charge on any atom is -0.374 e. The van der Waals surface area contributed by atoms with Gasteiger partial charge in [-0.2, -0.15) is 0 Å². The van der Waals surface area contributed by atoms with E-state index in [-0.39, 0.29) is 17.5 Å². The number of nitrogens with two attached hydrogens (primary N) is 1. The monoisotopic (exact) mass is 318 g/mol. The Kier molecular flexibility index (Phi) is 5.72. The van der Waals surface area contributed by atoms with Gasteiger partial charge in [0.15, 0.2) is 0 Å². The van der Waals surface area contributed by atoms with Gasteiger partial charge in [-0.15, -0.1) is 0 Å². The van der Waals surface area contributed by atoms with Gasteiger partial charge in [0, 0.05) is 10.5 Å². The molecule has 18 heavy (non-hydrogen) atoms. The summed E-state index contributed by atoms with van der Waals surface area (Å²) >= 11 is 3.27. The van der Waals surface area contributed by atoms with Gasteiger partial charge in [-0.05, 0) is 51.0 Å². The molecule has 102 valence electrons. The second-order valence-electron chi connectivity index (χ2n) is 5.27. The van der Waals surface area contributed by atoms with Crippen LogP contribution < -0.4 is 11.3 Å². The average Bonchev–Trinajstić information content (AvgIpc) is 2.21.